The fraction of sp³-hybridized carbons (Fsp3) is 0.471. The van der Waals surface area contributed by atoms with Crippen LogP contribution in [-0.4, -0.2) is 27.2 Å². The van der Waals surface area contributed by atoms with Crippen LogP contribution < -0.4 is 10.1 Å². The second kappa shape index (κ2) is 6.08. The van der Waals surface area contributed by atoms with Gasteiger partial charge < -0.3 is 10.1 Å². The Morgan fingerprint density at radius 2 is 2.25 bits per heavy atom. The van der Waals surface area contributed by atoms with E-state index in [0.29, 0.717) is 27.7 Å². The number of fused-ring (bicyclic) bond motifs is 3. The molecule has 5 nitrogen and oxygen atoms in total. The van der Waals surface area contributed by atoms with Gasteiger partial charge in [-0.25, -0.2) is 0 Å². The molecule has 0 bridgehead atoms. The smallest absolute Gasteiger partial charge is 0.247 e. The van der Waals surface area contributed by atoms with Gasteiger partial charge in [-0.2, -0.15) is 4.98 Å². The quantitative estimate of drug-likeness (QED) is 0.746. The summed E-state index contributed by atoms with van der Waals surface area (Å²) in [5.74, 6) is 1.13. The molecule has 2 aliphatic rings. The Kier molecular flexibility index (Phi) is 4.04. The van der Waals surface area contributed by atoms with Crippen LogP contribution in [0.25, 0.3) is 11.3 Å². The van der Waals surface area contributed by atoms with Crippen LogP contribution in [0.5, 0.6) is 5.88 Å². The molecule has 1 saturated carbocycles. The molecule has 1 aliphatic carbocycles. The SMILES string of the molecule is CSc1nnc2c(n1)O[C@@]1(CCC[C@@H](C)C1)Nc1ccc(Cl)cc1-2. The van der Waals surface area contributed by atoms with Gasteiger partial charge in [0.05, 0.1) is 0 Å². The minimum absolute atomic E-state index is 0.447. The number of hydrogen-bond donors (Lipinski definition) is 1. The fourth-order valence-electron chi connectivity index (χ4n) is 3.61. The molecule has 0 radical (unpaired) electrons. The molecule has 1 aromatic carbocycles. The molecule has 0 amide bonds. The van der Waals surface area contributed by atoms with Crippen LogP contribution in [0.3, 0.4) is 0 Å². The minimum atomic E-state index is -0.447. The Balaban J connectivity index is 1.89. The number of thioether (sulfide) groups is 1. The lowest BCUT2D eigenvalue weighted by Gasteiger charge is -2.40. The number of hydrogen-bond acceptors (Lipinski definition) is 6. The second-order valence-electron chi connectivity index (χ2n) is 6.57. The highest BCUT2D eigenvalue weighted by Gasteiger charge is 2.41. The lowest BCUT2D eigenvalue weighted by molar-refractivity contribution is 0.0343. The number of ether oxygens (including phenoxy) is 1. The van der Waals surface area contributed by atoms with E-state index in [-0.39, 0.29) is 0 Å². The molecule has 1 aromatic heterocycles. The largest absolute Gasteiger partial charge is 0.449 e. The Hall–Kier alpha value is -1.53. The maximum Gasteiger partial charge on any atom is 0.247 e. The van der Waals surface area contributed by atoms with Crippen molar-refractivity contribution in [2.24, 2.45) is 5.92 Å². The van der Waals surface area contributed by atoms with Crippen LogP contribution in [0.2, 0.25) is 5.02 Å². The molecule has 1 spiro atoms. The maximum absolute atomic E-state index is 6.44. The van der Waals surface area contributed by atoms with E-state index in [4.69, 9.17) is 16.3 Å². The molecule has 2 heterocycles. The first-order chi connectivity index (χ1) is 11.6. The summed E-state index contributed by atoms with van der Waals surface area (Å²) >= 11 is 7.67. The van der Waals surface area contributed by atoms with E-state index in [1.807, 2.05) is 24.5 Å². The van der Waals surface area contributed by atoms with Gasteiger partial charge in [-0.15, -0.1) is 10.2 Å². The van der Waals surface area contributed by atoms with Crippen LogP contribution in [0.1, 0.15) is 32.6 Å². The van der Waals surface area contributed by atoms with Gasteiger partial charge in [-0.3, -0.25) is 0 Å². The summed E-state index contributed by atoms with van der Waals surface area (Å²) in [5.41, 5.74) is 2.06. The topological polar surface area (TPSA) is 59.9 Å². The summed E-state index contributed by atoms with van der Waals surface area (Å²) in [4.78, 5) is 4.58. The highest BCUT2D eigenvalue weighted by atomic mass is 35.5. The summed E-state index contributed by atoms with van der Waals surface area (Å²) in [6.45, 7) is 2.27. The van der Waals surface area contributed by atoms with Crippen molar-refractivity contribution in [1.82, 2.24) is 15.2 Å². The van der Waals surface area contributed by atoms with Crippen molar-refractivity contribution in [3.63, 3.8) is 0 Å². The molecule has 4 rings (SSSR count). The Morgan fingerprint density at radius 1 is 1.38 bits per heavy atom. The van der Waals surface area contributed by atoms with Gasteiger partial charge in [0.15, 0.2) is 11.4 Å². The molecule has 1 N–H and O–H groups in total. The Labute approximate surface area is 150 Å². The zero-order valence-electron chi connectivity index (χ0n) is 13.7. The normalized spacial score (nSPS) is 25.2. The van der Waals surface area contributed by atoms with E-state index in [9.17, 15) is 0 Å². The first-order valence-corrected chi connectivity index (χ1v) is 9.75. The van der Waals surface area contributed by atoms with Crippen molar-refractivity contribution in [1.29, 1.82) is 0 Å². The molecule has 24 heavy (non-hydrogen) atoms. The van der Waals surface area contributed by atoms with Crippen LogP contribution >= 0.6 is 23.4 Å². The van der Waals surface area contributed by atoms with Gasteiger partial charge in [0, 0.05) is 29.1 Å². The third-order valence-corrected chi connectivity index (χ3v) is 5.44. The summed E-state index contributed by atoms with van der Waals surface area (Å²) in [5, 5.41) is 13.4. The summed E-state index contributed by atoms with van der Waals surface area (Å²) in [6.07, 6.45) is 6.16. The van der Waals surface area contributed by atoms with Gasteiger partial charge >= 0.3 is 0 Å². The Bertz CT molecular complexity index is 787. The molecule has 1 aliphatic heterocycles. The molecule has 0 unspecified atom stereocenters. The second-order valence-corrected chi connectivity index (χ2v) is 7.77. The third-order valence-electron chi connectivity index (χ3n) is 4.66. The predicted molar refractivity (Wildman–Crippen MR) is 96.7 cm³/mol. The van der Waals surface area contributed by atoms with E-state index >= 15 is 0 Å². The lowest BCUT2D eigenvalue weighted by Crippen LogP contribution is -2.47. The first-order valence-electron chi connectivity index (χ1n) is 8.14. The third kappa shape index (κ3) is 2.82. The molecule has 1 fully saturated rings. The number of rotatable bonds is 1. The number of nitrogens with zero attached hydrogens (tertiary/aromatic N) is 3. The van der Waals surface area contributed by atoms with E-state index < -0.39 is 5.72 Å². The van der Waals surface area contributed by atoms with Crippen LogP contribution in [0, 0.1) is 5.92 Å². The average molecular weight is 363 g/mol. The highest BCUT2D eigenvalue weighted by Crippen LogP contribution is 2.45. The van der Waals surface area contributed by atoms with E-state index in [0.717, 1.165) is 30.5 Å². The van der Waals surface area contributed by atoms with Crippen LogP contribution in [0.4, 0.5) is 5.69 Å². The standard InChI is InChI=1S/C17H19ClN4OS/c1-10-4-3-7-17(9-10)20-13-6-5-11(18)8-12(13)14-15(23-17)19-16(24-2)22-21-14/h5-6,8,10,20H,3-4,7,9H2,1-2H3/t10-,17-/m1/s1. The summed E-state index contributed by atoms with van der Waals surface area (Å²) in [6, 6.07) is 5.77. The van der Waals surface area contributed by atoms with Crippen LogP contribution in [0.15, 0.2) is 23.4 Å². The van der Waals surface area contributed by atoms with Gasteiger partial charge in [0.25, 0.3) is 0 Å². The first kappa shape index (κ1) is 16.0. The highest BCUT2D eigenvalue weighted by molar-refractivity contribution is 7.98. The molecular formula is C17H19ClN4OS. The number of benzene rings is 1. The van der Waals surface area contributed by atoms with Crippen molar-refractivity contribution in [3.05, 3.63) is 23.2 Å². The van der Waals surface area contributed by atoms with E-state index in [1.165, 1.54) is 18.2 Å². The number of anilines is 1. The van der Waals surface area contributed by atoms with Crippen molar-refractivity contribution in [2.75, 3.05) is 11.6 Å². The average Bonchev–Trinajstić information content (AvgIpc) is 2.68. The zero-order valence-corrected chi connectivity index (χ0v) is 15.2. The van der Waals surface area contributed by atoms with E-state index in [1.54, 1.807) is 0 Å². The molecule has 7 heteroatoms. The minimum Gasteiger partial charge on any atom is -0.449 e. The summed E-state index contributed by atoms with van der Waals surface area (Å²) < 4.78 is 6.44. The molecular weight excluding hydrogens is 344 g/mol. The van der Waals surface area contributed by atoms with Crippen molar-refractivity contribution < 1.29 is 4.74 Å². The van der Waals surface area contributed by atoms with Crippen molar-refractivity contribution in [3.8, 4) is 17.1 Å². The molecule has 126 valence electrons. The number of aromatic nitrogens is 3. The maximum atomic E-state index is 6.44. The van der Waals surface area contributed by atoms with Crippen molar-refractivity contribution in [2.45, 2.75) is 43.5 Å². The molecule has 2 atom stereocenters. The summed E-state index contributed by atoms with van der Waals surface area (Å²) in [7, 11) is 0. The lowest BCUT2D eigenvalue weighted by atomic mass is 9.84. The molecule has 2 aromatic rings. The van der Waals surface area contributed by atoms with Crippen LogP contribution in [-0.2, 0) is 0 Å². The van der Waals surface area contributed by atoms with Gasteiger partial charge in [0.2, 0.25) is 11.0 Å². The Morgan fingerprint density at radius 3 is 3.04 bits per heavy atom. The predicted octanol–water partition coefficient (Wildman–Crippen LogP) is 4.62. The monoisotopic (exact) mass is 362 g/mol. The number of nitrogens with one attached hydrogen (secondary N) is 1. The zero-order chi connectivity index (χ0) is 16.7. The fourth-order valence-corrected chi connectivity index (χ4v) is 4.08. The molecule has 0 saturated heterocycles. The van der Waals surface area contributed by atoms with E-state index in [2.05, 4.69) is 27.4 Å². The van der Waals surface area contributed by atoms with Gasteiger partial charge in [-0.05, 0) is 36.8 Å². The van der Waals surface area contributed by atoms with Gasteiger partial charge in [0.1, 0.15) is 0 Å². The van der Waals surface area contributed by atoms with Crippen molar-refractivity contribution >= 4 is 29.1 Å². The number of halogens is 1. The van der Waals surface area contributed by atoms with Gasteiger partial charge in [-0.1, -0.05) is 36.7 Å².